The van der Waals surface area contributed by atoms with Crippen LogP contribution in [0.3, 0.4) is 0 Å². The van der Waals surface area contributed by atoms with Crippen LogP contribution in [0.4, 0.5) is 4.39 Å². The number of fused-ring (bicyclic) bond motifs is 2. The third-order valence-electron chi connectivity index (χ3n) is 5.33. The first-order valence-electron chi connectivity index (χ1n) is 10.2. The summed E-state index contributed by atoms with van der Waals surface area (Å²) in [7, 11) is 0. The van der Waals surface area contributed by atoms with Crippen molar-refractivity contribution in [3.05, 3.63) is 89.3 Å². The van der Waals surface area contributed by atoms with E-state index >= 15 is 0 Å². The number of hydrogen-bond acceptors (Lipinski definition) is 4. The number of carbonyl (C=O) groups is 1. The first-order chi connectivity index (χ1) is 15.6. The van der Waals surface area contributed by atoms with Crippen molar-refractivity contribution in [2.24, 2.45) is 0 Å². The number of halogens is 1. The van der Waals surface area contributed by atoms with Crippen LogP contribution in [0.25, 0.3) is 27.0 Å². The van der Waals surface area contributed by atoms with Gasteiger partial charge in [-0.25, -0.2) is 9.37 Å². The molecule has 1 N–H and O–H groups in total. The Morgan fingerprint density at radius 1 is 1.09 bits per heavy atom. The van der Waals surface area contributed by atoms with E-state index < -0.39 is 0 Å². The molecule has 160 valence electrons. The maximum absolute atomic E-state index is 13.2. The van der Waals surface area contributed by atoms with Gasteiger partial charge in [-0.3, -0.25) is 9.20 Å². The maximum atomic E-state index is 13.2. The van der Waals surface area contributed by atoms with Crippen LogP contribution in [0, 0.1) is 12.7 Å². The monoisotopic (exact) mass is 445 g/mol. The number of carbonyl (C=O) groups excluding carboxylic acids is 1. The van der Waals surface area contributed by atoms with Gasteiger partial charge in [-0.1, -0.05) is 41.7 Å². The highest BCUT2D eigenvalue weighted by atomic mass is 32.1. The number of rotatable bonds is 6. The quantitative estimate of drug-likeness (QED) is 0.383. The van der Waals surface area contributed by atoms with Crippen LogP contribution >= 0.6 is 11.3 Å². The van der Waals surface area contributed by atoms with E-state index in [1.165, 1.54) is 23.5 Å². The second kappa shape index (κ2) is 8.43. The van der Waals surface area contributed by atoms with Gasteiger partial charge in [0, 0.05) is 22.3 Å². The van der Waals surface area contributed by atoms with Gasteiger partial charge in [0.15, 0.2) is 11.6 Å². The van der Waals surface area contributed by atoms with E-state index in [0.717, 1.165) is 37.6 Å². The van der Waals surface area contributed by atoms with Gasteiger partial charge in [-0.15, -0.1) is 0 Å². The summed E-state index contributed by atoms with van der Waals surface area (Å²) in [5.41, 5.74) is 2.67. The molecule has 5 rings (SSSR count). The van der Waals surface area contributed by atoms with Crippen LogP contribution in [0.2, 0.25) is 0 Å². The Hall–Kier alpha value is -3.71. The molecule has 0 atom stereocenters. The first-order valence-corrected chi connectivity index (χ1v) is 11.0. The average Bonchev–Trinajstić information content (AvgIpc) is 3.35. The molecule has 3 aromatic carbocycles. The van der Waals surface area contributed by atoms with Crippen molar-refractivity contribution in [2.75, 3.05) is 6.61 Å². The van der Waals surface area contributed by atoms with Crippen LogP contribution < -0.4 is 10.1 Å². The molecule has 1 amide bonds. The van der Waals surface area contributed by atoms with E-state index in [1.54, 1.807) is 12.1 Å². The molecule has 2 heterocycles. The van der Waals surface area contributed by atoms with Crippen molar-refractivity contribution in [1.29, 1.82) is 0 Å². The normalized spacial score (nSPS) is 11.2. The lowest BCUT2D eigenvalue weighted by molar-refractivity contribution is -0.123. The van der Waals surface area contributed by atoms with Gasteiger partial charge >= 0.3 is 0 Å². The van der Waals surface area contributed by atoms with Crippen molar-refractivity contribution in [3.63, 3.8) is 0 Å². The Bertz CT molecular complexity index is 1420. The molecule has 0 aliphatic rings. The minimum atomic E-state index is -0.270. The van der Waals surface area contributed by atoms with E-state index in [0.29, 0.717) is 12.3 Å². The number of thiazole rings is 1. The lowest BCUT2D eigenvalue weighted by atomic mass is 10.1. The molecule has 5 nitrogen and oxygen atoms in total. The van der Waals surface area contributed by atoms with Crippen LogP contribution in [0.5, 0.6) is 5.75 Å². The summed E-state index contributed by atoms with van der Waals surface area (Å²) in [6.07, 6.45) is 1.93. The van der Waals surface area contributed by atoms with Gasteiger partial charge in [-0.2, -0.15) is 0 Å². The Morgan fingerprint density at radius 2 is 1.88 bits per heavy atom. The van der Waals surface area contributed by atoms with E-state index in [9.17, 15) is 9.18 Å². The molecule has 0 spiro atoms. The molecular weight excluding hydrogens is 425 g/mol. The molecule has 2 aromatic heterocycles. The Morgan fingerprint density at radius 3 is 2.66 bits per heavy atom. The van der Waals surface area contributed by atoms with E-state index in [-0.39, 0.29) is 18.3 Å². The topological polar surface area (TPSA) is 55.6 Å². The van der Waals surface area contributed by atoms with Crippen LogP contribution in [-0.4, -0.2) is 21.9 Å². The second-order valence-corrected chi connectivity index (χ2v) is 8.53. The van der Waals surface area contributed by atoms with E-state index in [2.05, 4.69) is 10.3 Å². The summed E-state index contributed by atoms with van der Waals surface area (Å²) in [6, 6.07) is 20.1. The van der Waals surface area contributed by atoms with Gasteiger partial charge in [0.1, 0.15) is 11.6 Å². The number of imidazole rings is 1. The Labute approximate surface area is 188 Å². The lowest BCUT2D eigenvalue weighted by Crippen LogP contribution is -2.28. The zero-order valence-electron chi connectivity index (χ0n) is 17.3. The first kappa shape index (κ1) is 20.2. The fourth-order valence-electron chi connectivity index (χ4n) is 3.55. The Balaban J connectivity index is 1.21. The van der Waals surface area contributed by atoms with Crippen LogP contribution in [0.1, 0.15) is 10.6 Å². The highest BCUT2D eigenvalue weighted by Crippen LogP contribution is 2.27. The number of aromatic nitrogens is 2. The molecule has 7 heteroatoms. The second-order valence-electron chi connectivity index (χ2n) is 7.47. The van der Waals surface area contributed by atoms with Crippen LogP contribution in [-0.2, 0) is 11.3 Å². The van der Waals surface area contributed by atoms with Crippen molar-refractivity contribution >= 4 is 33.0 Å². The van der Waals surface area contributed by atoms with Crippen molar-refractivity contribution < 1.29 is 13.9 Å². The predicted molar refractivity (Wildman–Crippen MR) is 124 cm³/mol. The number of benzene rings is 3. The molecule has 5 aromatic rings. The standard InChI is InChI=1S/C25H20FN3O2S/c1-16-23(32-25-28-22(14-29(16)25)18-6-9-20(26)10-7-18)13-27-24(30)15-31-21-11-8-17-4-2-3-5-19(17)12-21/h2-12,14H,13,15H2,1H3,(H,27,30). The molecule has 0 bridgehead atoms. The molecule has 0 unspecified atom stereocenters. The SMILES string of the molecule is Cc1c(CNC(=O)COc2ccc3ccccc3c2)sc2nc(-c3ccc(F)cc3)cn12. The summed E-state index contributed by atoms with van der Waals surface area (Å²) >= 11 is 1.52. The van der Waals surface area contributed by atoms with Crippen LogP contribution in [0.15, 0.2) is 72.9 Å². The predicted octanol–water partition coefficient (Wildman–Crippen LogP) is 5.36. The van der Waals surface area contributed by atoms with Gasteiger partial charge in [0.2, 0.25) is 0 Å². The minimum Gasteiger partial charge on any atom is -0.484 e. The zero-order chi connectivity index (χ0) is 22.1. The lowest BCUT2D eigenvalue weighted by Gasteiger charge is -2.08. The average molecular weight is 446 g/mol. The Kier molecular flexibility index (Phi) is 5.33. The van der Waals surface area contributed by atoms with E-state index in [4.69, 9.17) is 4.74 Å². The molecule has 0 radical (unpaired) electrons. The zero-order valence-corrected chi connectivity index (χ0v) is 18.2. The summed E-state index contributed by atoms with van der Waals surface area (Å²) in [5.74, 6) is 0.210. The number of amides is 1. The number of nitrogens with one attached hydrogen (secondary N) is 1. The molecule has 0 saturated heterocycles. The number of hydrogen-bond donors (Lipinski definition) is 1. The highest BCUT2D eigenvalue weighted by Gasteiger charge is 2.14. The van der Waals surface area contributed by atoms with Crippen molar-refractivity contribution in [2.45, 2.75) is 13.5 Å². The molecule has 0 aliphatic heterocycles. The molecule has 32 heavy (non-hydrogen) atoms. The smallest absolute Gasteiger partial charge is 0.258 e. The van der Waals surface area contributed by atoms with Crippen molar-refractivity contribution in [3.8, 4) is 17.0 Å². The van der Waals surface area contributed by atoms with Gasteiger partial charge in [0.05, 0.1) is 12.2 Å². The number of ether oxygens (including phenoxy) is 1. The van der Waals surface area contributed by atoms with Crippen molar-refractivity contribution in [1.82, 2.24) is 14.7 Å². The third kappa shape index (κ3) is 4.07. The largest absolute Gasteiger partial charge is 0.484 e. The maximum Gasteiger partial charge on any atom is 0.258 e. The minimum absolute atomic E-state index is 0.0470. The van der Waals surface area contributed by atoms with Gasteiger partial charge in [0.25, 0.3) is 5.91 Å². The number of aryl methyl sites for hydroxylation is 1. The molecule has 0 saturated carbocycles. The fourth-order valence-corrected chi connectivity index (χ4v) is 4.60. The highest BCUT2D eigenvalue weighted by molar-refractivity contribution is 7.17. The fraction of sp³-hybridized carbons (Fsp3) is 0.120. The third-order valence-corrected chi connectivity index (χ3v) is 6.49. The summed E-state index contributed by atoms with van der Waals surface area (Å²) in [6.45, 7) is 2.35. The summed E-state index contributed by atoms with van der Waals surface area (Å²) in [4.78, 5) is 18.8. The molecule has 0 fully saturated rings. The molecular formula is C25H20FN3O2S. The van der Waals surface area contributed by atoms with Gasteiger partial charge in [-0.05, 0) is 54.1 Å². The van der Waals surface area contributed by atoms with E-state index in [1.807, 2.05) is 60.0 Å². The van der Waals surface area contributed by atoms with Gasteiger partial charge < -0.3 is 10.1 Å². The number of nitrogens with zero attached hydrogens (tertiary/aromatic N) is 2. The summed E-state index contributed by atoms with van der Waals surface area (Å²) < 4.78 is 20.8. The summed E-state index contributed by atoms with van der Waals surface area (Å²) in [5, 5.41) is 5.12. The molecule has 0 aliphatic carbocycles.